The van der Waals surface area contributed by atoms with Gasteiger partial charge in [0, 0.05) is 6.07 Å². The number of nitrogens with zero attached hydrogens (tertiary/aromatic N) is 1. The minimum atomic E-state index is 0.259. The summed E-state index contributed by atoms with van der Waals surface area (Å²) in [6, 6.07) is 3.54. The average Bonchev–Trinajstić information content (AvgIpc) is 2.28. The molecule has 0 amide bonds. The standard InChI is InChI=1S/C14H24N2O2/c1-5-9-18-13-11(15)6-7-12(16-13)17-10-8-14(2,3)4/h6-7H,5,8-10,15H2,1-4H3. The van der Waals surface area contributed by atoms with E-state index in [0.29, 0.717) is 30.7 Å². The van der Waals surface area contributed by atoms with Gasteiger partial charge in [-0.05, 0) is 24.3 Å². The van der Waals surface area contributed by atoms with Gasteiger partial charge >= 0.3 is 0 Å². The van der Waals surface area contributed by atoms with Crippen molar-refractivity contribution < 1.29 is 9.47 Å². The first-order valence-corrected chi connectivity index (χ1v) is 6.44. The van der Waals surface area contributed by atoms with Crippen LogP contribution >= 0.6 is 0 Å². The van der Waals surface area contributed by atoms with Crippen LogP contribution in [0, 0.1) is 5.41 Å². The Hall–Kier alpha value is -1.45. The molecule has 2 N–H and O–H groups in total. The molecule has 1 heterocycles. The van der Waals surface area contributed by atoms with Crippen LogP contribution < -0.4 is 15.2 Å². The zero-order valence-electron chi connectivity index (χ0n) is 11.8. The summed E-state index contributed by atoms with van der Waals surface area (Å²) in [5, 5.41) is 0. The molecule has 0 saturated heterocycles. The lowest BCUT2D eigenvalue weighted by Crippen LogP contribution is -2.12. The summed E-state index contributed by atoms with van der Waals surface area (Å²) >= 11 is 0. The van der Waals surface area contributed by atoms with E-state index >= 15 is 0 Å². The van der Waals surface area contributed by atoms with Crippen LogP contribution in [0.4, 0.5) is 5.69 Å². The van der Waals surface area contributed by atoms with Crippen molar-refractivity contribution in [2.75, 3.05) is 18.9 Å². The van der Waals surface area contributed by atoms with E-state index in [9.17, 15) is 0 Å². The van der Waals surface area contributed by atoms with Gasteiger partial charge in [-0.1, -0.05) is 27.7 Å². The molecule has 1 rings (SSSR count). The smallest absolute Gasteiger partial charge is 0.240 e. The lowest BCUT2D eigenvalue weighted by atomic mass is 9.93. The van der Waals surface area contributed by atoms with Crippen molar-refractivity contribution in [1.82, 2.24) is 4.98 Å². The van der Waals surface area contributed by atoms with Crippen LogP contribution in [-0.2, 0) is 0 Å². The van der Waals surface area contributed by atoms with Gasteiger partial charge < -0.3 is 15.2 Å². The zero-order chi connectivity index (χ0) is 13.6. The van der Waals surface area contributed by atoms with Crippen molar-refractivity contribution in [2.24, 2.45) is 5.41 Å². The predicted octanol–water partition coefficient (Wildman–Crippen LogP) is 3.27. The fourth-order valence-corrected chi connectivity index (χ4v) is 1.29. The molecular formula is C14H24N2O2. The Kier molecular flexibility index (Phi) is 5.25. The van der Waals surface area contributed by atoms with E-state index < -0.39 is 0 Å². The third kappa shape index (κ3) is 5.25. The molecule has 0 aliphatic rings. The van der Waals surface area contributed by atoms with Gasteiger partial charge in [0.2, 0.25) is 11.8 Å². The molecule has 0 unspecified atom stereocenters. The van der Waals surface area contributed by atoms with Gasteiger partial charge in [0.15, 0.2) is 0 Å². The maximum atomic E-state index is 5.79. The molecule has 4 heteroatoms. The average molecular weight is 252 g/mol. The van der Waals surface area contributed by atoms with Crippen molar-refractivity contribution in [3.05, 3.63) is 12.1 Å². The predicted molar refractivity (Wildman–Crippen MR) is 74.0 cm³/mol. The number of pyridine rings is 1. The second-order valence-corrected chi connectivity index (χ2v) is 5.55. The summed E-state index contributed by atoms with van der Waals surface area (Å²) in [7, 11) is 0. The zero-order valence-corrected chi connectivity index (χ0v) is 11.8. The Labute approximate surface area is 110 Å². The molecule has 0 bridgehead atoms. The summed E-state index contributed by atoms with van der Waals surface area (Å²) in [6.07, 6.45) is 1.90. The van der Waals surface area contributed by atoms with Crippen molar-refractivity contribution in [2.45, 2.75) is 40.5 Å². The molecule has 0 saturated carbocycles. The van der Waals surface area contributed by atoms with E-state index in [0.717, 1.165) is 12.8 Å². The molecule has 4 nitrogen and oxygen atoms in total. The van der Waals surface area contributed by atoms with E-state index in [1.54, 1.807) is 12.1 Å². The lowest BCUT2D eigenvalue weighted by molar-refractivity contribution is 0.231. The fraction of sp³-hybridized carbons (Fsp3) is 0.643. The molecule has 0 aromatic carbocycles. The van der Waals surface area contributed by atoms with Crippen LogP contribution in [0.5, 0.6) is 11.8 Å². The van der Waals surface area contributed by atoms with Crippen LogP contribution in [-0.4, -0.2) is 18.2 Å². The first kappa shape index (κ1) is 14.6. The van der Waals surface area contributed by atoms with Gasteiger partial charge in [0.25, 0.3) is 0 Å². The van der Waals surface area contributed by atoms with E-state index in [1.807, 2.05) is 6.92 Å². The number of ether oxygens (including phenoxy) is 2. The van der Waals surface area contributed by atoms with Crippen LogP contribution in [0.15, 0.2) is 12.1 Å². The Bertz CT molecular complexity index is 373. The van der Waals surface area contributed by atoms with Gasteiger partial charge in [-0.3, -0.25) is 0 Å². The van der Waals surface area contributed by atoms with Crippen LogP contribution in [0.2, 0.25) is 0 Å². The molecule has 0 atom stereocenters. The maximum absolute atomic E-state index is 5.79. The highest BCUT2D eigenvalue weighted by Crippen LogP contribution is 2.23. The van der Waals surface area contributed by atoms with Gasteiger partial charge in [-0.2, -0.15) is 4.98 Å². The molecule has 0 aliphatic heterocycles. The lowest BCUT2D eigenvalue weighted by Gasteiger charge is -2.18. The molecule has 1 aromatic rings. The third-order valence-corrected chi connectivity index (χ3v) is 2.41. The molecule has 0 fully saturated rings. The molecule has 0 aliphatic carbocycles. The molecule has 0 radical (unpaired) electrons. The number of rotatable bonds is 6. The van der Waals surface area contributed by atoms with Gasteiger partial charge in [-0.25, -0.2) is 0 Å². The SMILES string of the molecule is CCCOc1nc(OCCC(C)(C)C)ccc1N. The molecule has 102 valence electrons. The minimum Gasteiger partial charge on any atom is -0.478 e. The Morgan fingerprint density at radius 3 is 2.50 bits per heavy atom. The van der Waals surface area contributed by atoms with Crippen molar-refractivity contribution in [3.8, 4) is 11.8 Å². The first-order valence-electron chi connectivity index (χ1n) is 6.44. The van der Waals surface area contributed by atoms with Crippen LogP contribution in [0.1, 0.15) is 40.5 Å². The molecule has 18 heavy (non-hydrogen) atoms. The molecule has 0 spiro atoms. The van der Waals surface area contributed by atoms with Gasteiger partial charge in [0.1, 0.15) is 0 Å². The number of nitrogens with two attached hydrogens (primary N) is 1. The van der Waals surface area contributed by atoms with E-state index in [1.165, 1.54) is 0 Å². The normalized spacial score (nSPS) is 11.3. The first-order chi connectivity index (χ1) is 8.42. The largest absolute Gasteiger partial charge is 0.478 e. The van der Waals surface area contributed by atoms with Crippen molar-refractivity contribution in [3.63, 3.8) is 0 Å². The Morgan fingerprint density at radius 1 is 1.17 bits per heavy atom. The third-order valence-electron chi connectivity index (χ3n) is 2.41. The number of hydrogen-bond acceptors (Lipinski definition) is 4. The monoisotopic (exact) mass is 252 g/mol. The highest BCUT2D eigenvalue weighted by atomic mass is 16.5. The highest BCUT2D eigenvalue weighted by Gasteiger charge is 2.11. The van der Waals surface area contributed by atoms with E-state index in [2.05, 4.69) is 25.8 Å². The van der Waals surface area contributed by atoms with E-state index in [4.69, 9.17) is 15.2 Å². The van der Waals surface area contributed by atoms with Gasteiger partial charge in [-0.15, -0.1) is 0 Å². The molecule has 1 aromatic heterocycles. The van der Waals surface area contributed by atoms with Crippen molar-refractivity contribution >= 4 is 5.69 Å². The number of hydrogen-bond donors (Lipinski definition) is 1. The number of anilines is 1. The Morgan fingerprint density at radius 2 is 1.89 bits per heavy atom. The summed E-state index contributed by atoms with van der Waals surface area (Å²) in [4.78, 5) is 4.26. The summed E-state index contributed by atoms with van der Waals surface area (Å²) in [6.45, 7) is 9.85. The minimum absolute atomic E-state index is 0.259. The summed E-state index contributed by atoms with van der Waals surface area (Å²) in [5.74, 6) is 1.03. The van der Waals surface area contributed by atoms with Gasteiger partial charge in [0.05, 0.1) is 18.9 Å². The van der Waals surface area contributed by atoms with Crippen molar-refractivity contribution in [1.29, 1.82) is 0 Å². The second-order valence-electron chi connectivity index (χ2n) is 5.55. The maximum Gasteiger partial charge on any atom is 0.240 e. The van der Waals surface area contributed by atoms with E-state index in [-0.39, 0.29) is 5.41 Å². The fourth-order valence-electron chi connectivity index (χ4n) is 1.29. The van der Waals surface area contributed by atoms with Crippen LogP contribution in [0.25, 0.3) is 0 Å². The number of aromatic nitrogens is 1. The summed E-state index contributed by atoms with van der Waals surface area (Å²) in [5.41, 5.74) is 6.59. The second kappa shape index (κ2) is 6.47. The molecular weight excluding hydrogens is 228 g/mol. The summed E-state index contributed by atoms with van der Waals surface area (Å²) < 4.78 is 11.1. The van der Waals surface area contributed by atoms with Crippen LogP contribution in [0.3, 0.4) is 0 Å². The highest BCUT2D eigenvalue weighted by molar-refractivity contribution is 5.49. The Balaban J connectivity index is 2.56. The quantitative estimate of drug-likeness (QED) is 0.844. The number of nitrogen functional groups attached to an aromatic ring is 1. The topological polar surface area (TPSA) is 57.4 Å².